The number of fused-ring (bicyclic) bond motifs is 1. The van der Waals surface area contributed by atoms with Gasteiger partial charge in [0.05, 0.1) is 0 Å². The van der Waals surface area contributed by atoms with Gasteiger partial charge in [-0.05, 0) is 41.8 Å². The lowest BCUT2D eigenvalue weighted by atomic mass is 10.1. The number of nitrogens with zero attached hydrogens (tertiary/aromatic N) is 4. The summed E-state index contributed by atoms with van der Waals surface area (Å²) in [4.78, 5) is 22.2. The van der Waals surface area contributed by atoms with Gasteiger partial charge in [-0.3, -0.25) is 4.79 Å². The monoisotopic (exact) mass is 442 g/mol. The average molecular weight is 443 g/mol. The van der Waals surface area contributed by atoms with E-state index in [-0.39, 0.29) is 5.91 Å². The van der Waals surface area contributed by atoms with E-state index in [9.17, 15) is 4.79 Å². The van der Waals surface area contributed by atoms with E-state index in [0.717, 1.165) is 59.8 Å². The molecule has 0 atom stereocenters. The number of rotatable bonds is 4. The number of hydrogen-bond acceptors (Lipinski definition) is 5. The summed E-state index contributed by atoms with van der Waals surface area (Å²) in [5, 5.41) is 3.21. The van der Waals surface area contributed by atoms with Gasteiger partial charge in [-0.2, -0.15) is 4.37 Å². The third kappa shape index (κ3) is 4.50. The highest BCUT2D eigenvalue weighted by molar-refractivity contribution is 7.09. The molecule has 4 aromatic rings. The van der Waals surface area contributed by atoms with Crippen LogP contribution < -0.4 is 4.90 Å². The van der Waals surface area contributed by atoms with Gasteiger partial charge >= 0.3 is 0 Å². The Labute approximate surface area is 192 Å². The molecule has 0 spiro atoms. The number of aromatic nitrogens is 2. The number of carbonyl (C=O) groups is 1. The first-order valence-electron chi connectivity index (χ1n) is 11.1. The Morgan fingerprint density at radius 1 is 0.938 bits per heavy atom. The zero-order chi connectivity index (χ0) is 21.9. The Kier molecular flexibility index (Phi) is 5.86. The fraction of sp³-hybridized carbons (Fsp3) is 0.269. The number of carbonyl (C=O) groups excluding carboxylic acids is 1. The normalized spacial score (nSPS) is 14.5. The average Bonchev–Trinajstić information content (AvgIpc) is 3.14. The van der Waals surface area contributed by atoms with Crippen molar-refractivity contribution in [2.75, 3.05) is 31.1 Å². The van der Waals surface area contributed by atoms with Crippen LogP contribution in [0.2, 0.25) is 0 Å². The van der Waals surface area contributed by atoms with E-state index < -0.39 is 0 Å². The van der Waals surface area contributed by atoms with Crippen molar-refractivity contribution in [3.8, 4) is 0 Å². The molecule has 0 unspecified atom stereocenters. The minimum Gasteiger partial charge on any atom is -0.345 e. The van der Waals surface area contributed by atoms with Crippen molar-refractivity contribution in [3.05, 3.63) is 89.2 Å². The summed E-state index contributed by atoms with van der Waals surface area (Å²) in [6, 6.07) is 22.7. The Morgan fingerprint density at radius 3 is 2.59 bits per heavy atom. The molecule has 0 bridgehead atoms. The first-order chi connectivity index (χ1) is 15.7. The molecule has 1 aliphatic heterocycles. The lowest BCUT2D eigenvalue weighted by molar-refractivity contribution is 0.0767. The SMILES string of the molecule is Cc1ccc(Cc2nsc(N3CCCN(C(=O)c4ccc5ccccc5c4)CC3)n2)cc1. The first-order valence-corrected chi connectivity index (χ1v) is 11.8. The van der Waals surface area contributed by atoms with Crippen LogP contribution in [0.4, 0.5) is 5.13 Å². The smallest absolute Gasteiger partial charge is 0.253 e. The van der Waals surface area contributed by atoms with E-state index in [1.807, 2.05) is 35.2 Å². The number of anilines is 1. The van der Waals surface area contributed by atoms with Crippen molar-refractivity contribution in [1.82, 2.24) is 14.3 Å². The van der Waals surface area contributed by atoms with Gasteiger partial charge in [-0.1, -0.05) is 60.2 Å². The number of aryl methyl sites for hydroxylation is 1. The van der Waals surface area contributed by atoms with Gasteiger partial charge in [0, 0.05) is 49.7 Å². The highest BCUT2D eigenvalue weighted by Gasteiger charge is 2.22. The molecular weight excluding hydrogens is 416 g/mol. The van der Waals surface area contributed by atoms with E-state index in [2.05, 4.69) is 52.6 Å². The van der Waals surface area contributed by atoms with Gasteiger partial charge in [0.25, 0.3) is 5.91 Å². The quantitative estimate of drug-likeness (QED) is 0.449. The van der Waals surface area contributed by atoms with E-state index >= 15 is 0 Å². The predicted molar refractivity (Wildman–Crippen MR) is 131 cm³/mol. The molecule has 0 saturated carbocycles. The van der Waals surface area contributed by atoms with Crippen LogP contribution in [0.15, 0.2) is 66.7 Å². The van der Waals surface area contributed by atoms with Crippen molar-refractivity contribution < 1.29 is 4.79 Å². The molecule has 5 rings (SSSR count). The summed E-state index contributed by atoms with van der Waals surface area (Å²) in [5.41, 5.74) is 3.24. The minimum atomic E-state index is 0.106. The Morgan fingerprint density at radius 2 is 1.75 bits per heavy atom. The van der Waals surface area contributed by atoms with Gasteiger partial charge in [-0.25, -0.2) is 4.98 Å². The summed E-state index contributed by atoms with van der Waals surface area (Å²) in [6.45, 7) is 5.21. The van der Waals surface area contributed by atoms with Crippen LogP contribution in [0.5, 0.6) is 0 Å². The van der Waals surface area contributed by atoms with Crippen LogP contribution in [0.3, 0.4) is 0 Å². The van der Waals surface area contributed by atoms with Gasteiger partial charge in [0.15, 0.2) is 0 Å². The molecular formula is C26H26N4OS. The van der Waals surface area contributed by atoms with Gasteiger partial charge < -0.3 is 9.80 Å². The maximum Gasteiger partial charge on any atom is 0.253 e. The molecule has 162 valence electrons. The maximum absolute atomic E-state index is 13.2. The molecule has 1 amide bonds. The molecule has 0 aliphatic carbocycles. The molecule has 32 heavy (non-hydrogen) atoms. The van der Waals surface area contributed by atoms with E-state index in [1.165, 1.54) is 22.7 Å². The molecule has 5 nitrogen and oxygen atoms in total. The van der Waals surface area contributed by atoms with Crippen LogP contribution in [-0.4, -0.2) is 46.3 Å². The van der Waals surface area contributed by atoms with Crippen LogP contribution in [0.1, 0.15) is 33.7 Å². The van der Waals surface area contributed by atoms with Crippen LogP contribution in [0.25, 0.3) is 10.8 Å². The Balaban J connectivity index is 1.24. The second kappa shape index (κ2) is 9.09. The van der Waals surface area contributed by atoms with E-state index in [4.69, 9.17) is 4.98 Å². The number of benzene rings is 3. The molecule has 1 aromatic heterocycles. The Bertz CT molecular complexity index is 1230. The lowest BCUT2D eigenvalue weighted by Crippen LogP contribution is -2.35. The van der Waals surface area contributed by atoms with Gasteiger partial charge in [0.2, 0.25) is 5.13 Å². The molecule has 1 saturated heterocycles. The maximum atomic E-state index is 13.2. The lowest BCUT2D eigenvalue weighted by Gasteiger charge is -2.21. The van der Waals surface area contributed by atoms with E-state index in [1.54, 1.807) is 0 Å². The van der Waals surface area contributed by atoms with Gasteiger partial charge in [0.1, 0.15) is 5.82 Å². The van der Waals surface area contributed by atoms with Crippen molar-refractivity contribution in [2.45, 2.75) is 19.8 Å². The Hall–Kier alpha value is -3.25. The summed E-state index contributed by atoms with van der Waals surface area (Å²) in [5.74, 6) is 0.970. The highest BCUT2D eigenvalue weighted by atomic mass is 32.1. The van der Waals surface area contributed by atoms with Crippen molar-refractivity contribution in [3.63, 3.8) is 0 Å². The molecule has 6 heteroatoms. The zero-order valence-corrected chi connectivity index (χ0v) is 19.0. The minimum absolute atomic E-state index is 0.106. The highest BCUT2D eigenvalue weighted by Crippen LogP contribution is 2.22. The second-order valence-corrected chi connectivity index (χ2v) is 9.08. The molecule has 1 fully saturated rings. The predicted octanol–water partition coefficient (Wildman–Crippen LogP) is 4.94. The molecule has 1 aliphatic rings. The molecule has 0 N–H and O–H groups in total. The van der Waals surface area contributed by atoms with Crippen LogP contribution >= 0.6 is 11.5 Å². The van der Waals surface area contributed by atoms with Crippen LogP contribution in [-0.2, 0) is 6.42 Å². The van der Waals surface area contributed by atoms with Crippen molar-refractivity contribution in [1.29, 1.82) is 0 Å². The summed E-state index contributed by atoms with van der Waals surface area (Å²) < 4.78 is 4.58. The number of amides is 1. The summed E-state index contributed by atoms with van der Waals surface area (Å²) in [7, 11) is 0. The fourth-order valence-electron chi connectivity index (χ4n) is 4.15. The fourth-order valence-corrected chi connectivity index (χ4v) is 4.89. The molecule has 0 radical (unpaired) electrons. The third-order valence-electron chi connectivity index (χ3n) is 5.99. The molecule has 3 aromatic carbocycles. The number of hydrogen-bond donors (Lipinski definition) is 0. The topological polar surface area (TPSA) is 49.3 Å². The van der Waals surface area contributed by atoms with Gasteiger partial charge in [-0.15, -0.1) is 0 Å². The zero-order valence-electron chi connectivity index (χ0n) is 18.2. The van der Waals surface area contributed by atoms with Crippen LogP contribution in [0, 0.1) is 6.92 Å². The largest absolute Gasteiger partial charge is 0.345 e. The van der Waals surface area contributed by atoms with E-state index in [0.29, 0.717) is 6.54 Å². The third-order valence-corrected chi connectivity index (χ3v) is 6.81. The van der Waals surface area contributed by atoms with Crippen molar-refractivity contribution >= 4 is 33.3 Å². The molecule has 2 heterocycles. The summed E-state index contributed by atoms with van der Waals surface area (Å²) in [6.07, 6.45) is 1.67. The van der Waals surface area contributed by atoms with Crippen molar-refractivity contribution in [2.24, 2.45) is 0 Å². The first kappa shape index (κ1) is 20.6. The standard InChI is InChI=1S/C26H26N4OS/c1-19-7-9-20(10-8-19)17-24-27-26(32-28-24)30-14-4-13-29(15-16-30)25(31)23-12-11-21-5-2-3-6-22(21)18-23/h2-3,5-12,18H,4,13-17H2,1H3. The summed E-state index contributed by atoms with van der Waals surface area (Å²) >= 11 is 1.46. The second-order valence-electron chi connectivity index (χ2n) is 8.35.